The van der Waals surface area contributed by atoms with Crippen LogP contribution in [0.15, 0.2) is 42.5 Å². The van der Waals surface area contributed by atoms with Crippen LogP contribution >= 0.6 is 0 Å². The Morgan fingerprint density at radius 3 is 2.00 bits per heavy atom. The minimum absolute atomic E-state index is 0.0537. The molecule has 0 aromatic heterocycles. The molecule has 5 atom stereocenters. The zero-order chi connectivity index (χ0) is 25.5. The first-order valence-corrected chi connectivity index (χ1v) is 11.0. The molecule has 10 heteroatoms. The van der Waals surface area contributed by atoms with Crippen LogP contribution in [0.5, 0.6) is 0 Å². The molecule has 0 N–H and O–H groups in total. The van der Waals surface area contributed by atoms with Gasteiger partial charge in [0.25, 0.3) is 0 Å². The standard InChI is InChI=1S/C25H28O10/c1-14(26)30-13-21-22(32-15(2)27)23(24(33-16(3)28)25(35-21)34-17(4)29)31-12-18-9-10-19-7-5-6-8-20(19)11-18/h5-11,21-25H,12-13H2,1-4H3/t21-,22-,23+,24-,25-/m1/s1. The van der Waals surface area contributed by atoms with E-state index in [1.54, 1.807) is 0 Å². The van der Waals surface area contributed by atoms with Crippen LogP contribution in [-0.2, 0) is 54.2 Å². The molecule has 10 nitrogen and oxygen atoms in total. The lowest BCUT2D eigenvalue weighted by Crippen LogP contribution is -2.62. The van der Waals surface area contributed by atoms with Gasteiger partial charge >= 0.3 is 23.9 Å². The van der Waals surface area contributed by atoms with Crippen molar-refractivity contribution in [2.75, 3.05) is 6.61 Å². The molecule has 0 saturated carbocycles. The van der Waals surface area contributed by atoms with Gasteiger partial charge in [-0.25, -0.2) is 0 Å². The molecule has 1 fully saturated rings. The maximum Gasteiger partial charge on any atom is 0.305 e. The Hall–Kier alpha value is -3.50. The topological polar surface area (TPSA) is 124 Å². The number of hydrogen-bond acceptors (Lipinski definition) is 10. The van der Waals surface area contributed by atoms with E-state index in [2.05, 4.69) is 0 Å². The van der Waals surface area contributed by atoms with Crippen molar-refractivity contribution in [2.24, 2.45) is 0 Å². The van der Waals surface area contributed by atoms with Crippen LogP contribution in [0.1, 0.15) is 33.3 Å². The van der Waals surface area contributed by atoms with Gasteiger partial charge in [-0.3, -0.25) is 19.2 Å². The summed E-state index contributed by atoms with van der Waals surface area (Å²) in [6.45, 7) is 4.49. The number of esters is 4. The first kappa shape index (κ1) is 26.1. The normalized spacial score (nSPS) is 23.8. The molecule has 0 unspecified atom stereocenters. The predicted octanol–water partition coefficient (Wildman–Crippen LogP) is 2.44. The smallest absolute Gasteiger partial charge is 0.305 e. The van der Waals surface area contributed by atoms with Gasteiger partial charge < -0.3 is 28.4 Å². The maximum atomic E-state index is 11.9. The zero-order valence-corrected chi connectivity index (χ0v) is 19.9. The molecule has 0 amide bonds. The highest BCUT2D eigenvalue weighted by Crippen LogP contribution is 2.31. The van der Waals surface area contributed by atoms with Crippen molar-refractivity contribution < 1.29 is 47.6 Å². The highest BCUT2D eigenvalue weighted by molar-refractivity contribution is 5.83. The molecular formula is C25H28O10. The lowest BCUT2D eigenvalue weighted by molar-refractivity contribution is -0.305. The fraction of sp³-hybridized carbons (Fsp3) is 0.440. The average molecular weight is 488 g/mol. The summed E-state index contributed by atoms with van der Waals surface area (Å²) in [5, 5.41) is 2.05. The Bertz CT molecular complexity index is 1080. The monoisotopic (exact) mass is 488 g/mol. The van der Waals surface area contributed by atoms with E-state index in [4.69, 9.17) is 28.4 Å². The number of hydrogen-bond donors (Lipinski definition) is 0. The molecule has 1 aliphatic heterocycles. The van der Waals surface area contributed by atoms with Crippen molar-refractivity contribution in [3.63, 3.8) is 0 Å². The van der Waals surface area contributed by atoms with Gasteiger partial charge in [0, 0.05) is 27.7 Å². The number of fused-ring (bicyclic) bond motifs is 1. The second-order valence-electron chi connectivity index (χ2n) is 8.06. The zero-order valence-electron chi connectivity index (χ0n) is 19.9. The summed E-state index contributed by atoms with van der Waals surface area (Å²) >= 11 is 0. The average Bonchev–Trinajstić information content (AvgIpc) is 2.78. The highest BCUT2D eigenvalue weighted by atomic mass is 16.7. The van der Waals surface area contributed by atoms with Gasteiger partial charge in [0.2, 0.25) is 6.29 Å². The van der Waals surface area contributed by atoms with Crippen LogP contribution in [0.3, 0.4) is 0 Å². The summed E-state index contributed by atoms with van der Waals surface area (Å²) in [5.74, 6) is -2.62. The maximum absolute atomic E-state index is 11.9. The second-order valence-corrected chi connectivity index (χ2v) is 8.06. The highest BCUT2D eigenvalue weighted by Gasteiger charge is 2.52. The molecule has 1 aliphatic rings. The van der Waals surface area contributed by atoms with Gasteiger partial charge in [0.1, 0.15) is 18.8 Å². The summed E-state index contributed by atoms with van der Waals surface area (Å²) in [6, 6.07) is 13.6. The minimum Gasteiger partial charge on any atom is -0.463 e. The van der Waals surface area contributed by atoms with Crippen LogP contribution in [0, 0.1) is 0 Å². The second kappa shape index (κ2) is 11.8. The van der Waals surface area contributed by atoms with Crippen LogP contribution in [0.2, 0.25) is 0 Å². The number of carbonyl (C=O) groups is 4. The third kappa shape index (κ3) is 7.24. The predicted molar refractivity (Wildman–Crippen MR) is 121 cm³/mol. The summed E-state index contributed by atoms with van der Waals surface area (Å²) in [4.78, 5) is 46.9. The summed E-state index contributed by atoms with van der Waals surface area (Å²) in [6.07, 6.45) is -5.93. The Labute approximate surface area is 202 Å². The van der Waals surface area contributed by atoms with E-state index in [1.165, 1.54) is 27.7 Å². The molecule has 35 heavy (non-hydrogen) atoms. The molecule has 0 bridgehead atoms. The van der Waals surface area contributed by atoms with Crippen molar-refractivity contribution >= 4 is 34.6 Å². The lowest BCUT2D eigenvalue weighted by atomic mass is 9.98. The van der Waals surface area contributed by atoms with Gasteiger partial charge in [-0.1, -0.05) is 36.4 Å². The summed E-state index contributed by atoms with van der Waals surface area (Å²) < 4.78 is 33.0. The molecule has 3 rings (SSSR count). The molecule has 0 radical (unpaired) electrons. The molecular weight excluding hydrogens is 460 g/mol. The van der Waals surface area contributed by atoms with Crippen LogP contribution in [-0.4, -0.2) is 61.2 Å². The van der Waals surface area contributed by atoms with Gasteiger partial charge in [-0.05, 0) is 22.4 Å². The first-order valence-electron chi connectivity index (χ1n) is 11.0. The fourth-order valence-corrected chi connectivity index (χ4v) is 3.83. The van der Waals surface area contributed by atoms with Gasteiger partial charge in [0.15, 0.2) is 12.2 Å². The van der Waals surface area contributed by atoms with Crippen molar-refractivity contribution in [3.8, 4) is 0 Å². The Kier molecular flexibility index (Phi) is 8.78. The lowest BCUT2D eigenvalue weighted by Gasteiger charge is -2.44. The van der Waals surface area contributed by atoms with E-state index >= 15 is 0 Å². The number of ether oxygens (including phenoxy) is 6. The molecule has 2 aromatic rings. The van der Waals surface area contributed by atoms with Gasteiger partial charge in [0.05, 0.1) is 6.61 Å². The van der Waals surface area contributed by atoms with E-state index in [0.717, 1.165) is 16.3 Å². The minimum atomic E-state index is -1.38. The third-order valence-corrected chi connectivity index (χ3v) is 5.18. The molecule has 1 saturated heterocycles. The number of rotatable bonds is 8. The molecule has 188 valence electrons. The first-order chi connectivity index (χ1) is 16.6. The summed E-state index contributed by atoms with van der Waals surface area (Å²) in [7, 11) is 0. The van der Waals surface area contributed by atoms with Crippen molar-refractivity contribution in [1.82, 2.24) is 0 Å². The van der Waals surface area contributed by atoms with Gasteiger partial charge in [-0.2, -0.15) is 0 Å². The fourth-order valence-electron chi connectivity index (χ4n) is 3.83. The van der Waals surface area contributed by atoms with E-state index in [9.17, 15) is 19.2 Å². The van der Waals surface area contributed by atoms with E-state index in [1.807, 2.05) is 42.5 Å². The van der Waals surface area contributed by atoms with Crippen molar-refractivity contribution in [3.05, 3.63) is 48.0 Å². The van der Waals surface area contributed by atoms with E-state index < -0.39 is 54.6 Å². The van der Waals surface area contributed by atoms with E-state index in [-0.39, 0.29) is 13.2 Å². The number of benzene rings is 2. The largest absolute Gasteiger partial charge is 0.463 e. The Morgan fingerprint density at radius 1 is 0.743 bits per heavy atom. The summed E-state index contributed by atoms with van der Waals surface area (Å²) in [5.41, 5.74) is 0.805. The van der Waals surface area contributed by atoms with Crippen LogP contribution in [0.4, 0.5) is 0 Å². The Morgan fingerprint density at radius 2 is 1.37 bits per heavy atom. The van der Waals surface area contributed by atoms with Crippen molar-refractivity contribution in [2.45, 2.75) is 65.0 Å². The molecule has 2 aromatic carbocycles. The molecule has 0 aliphatic carbocycles. The number of carbonyl (C=O) groups excluding carboxylic acids is 4. The van der Waals surface area contributed by atoms with Crippen LogP contribution in [0.25, 0.3) is 10.8 Å². The quantitative estimate of drug-likeness (QED) is 0.404. The molecule has 0 spiro atoms. The SMILES string of the molecule is CC(=O)OC[C@H]1O[C@@H](OC(C)=O)[C@H](OC(C)=O)[C@@H](OCc2ccc3ccccc3c2)[C@@H]1OC(C)=O. The third-order valence-electron chi connectivity index (χ3n) is 5.18. The van der Waals surface area contributed by atoms with E-state index in [0.29, 0.717) is 0 Å². The Balaban J connectivity index is 1.94. The van der Waals surface area contributed by atoms with Crippen molar-refractivity contribution in [1.29, 1.82) is 0 Å². The van der Waals surface area contributed by atoms with Crippen LogP contribution < -0.4 is 0 Å². The molecule has 1 heterocycles. The van der Waals surface area contributed by atoms with Gasteiger partial charge in [-0.15, -0.1) is 0 Å².